The van der Waals surface area contributed by atoms with Crippen molar-refractivity contribution in [2.45, 2.75) is 18.9 Å². The van der Waals surface area contributed by atoms with Crippen LogP contribution < -0.4 is 10.5 Å². The Balaban J connectivity index is 1.86. The van der Waals surface area contributed by atoms with Gasteiger partial charge in [0, 0.05) is 12.1 Å². The Kier molecular flexibility index (Phi) is 4.31. The quantitative estimate of drug-likeness (QED) is 0.847. The monoisotopic (exact) mass is 270 g/mol. The molecule has 1 saturated carbocycles. The number of carbonyl (C=O) groups is 1. The van der Waals surface area contributed by atoms with Crippen molar-refractivity contribution in [2.24, 2.45) is 5.73 Å². The summed E-state index contributed by atoms with van der Waals surface area (Å²) < 4.78 is 31.2. The van der Waals surface area contributed by atoms with Crippen LogP contribution in [0.4, 0.5) is 8.78 Å². The highest BCUT2D eigenvalue weighted by atomic mass is 19.1. The molecule has 1 aliphatic carbocycles. The standard InChI is InChI=1S/C13H16F2N2O2/c14-9-1-4-12(11(15)7-9)19-6-5-17(10-2-3-10)13(18)8-16/h1,4,7,10H,2-3,5-6,8,16H2. The largest absolute Gasteiger partial charge is 0.489 e. The van der Waals surface area contributed by atoms with Gasteiger partial charge in [0.15, 0.2) is 11.6 Å². The number of rotatable bonds is 6. The van der Waals surface area contributed by atoms with Crippen LogP contribution >= 0.6 is 0 Å². The lowest BCUT2D eigenvalue weighted by atomic mass is 10.3. The molecule has 1 fully saturated rings. The molecule has 0 unspecified atom stereocenters. The minimum absolute atomic E-state index is 0.0163. The molecule has 0 heterocycles. The Morgan fingerprint density at radius 1 is 1.42 bits per heavy atom. The van der Waals surface area contributed by atoms with Crippen molar-refractivity contribution in [3.63, 3.8) is 0 Å². The van der Waals surface area contributed by atoms with E-state index in [1.54, 1.807) is 4.90 Å². The van der Waals surface area contributed by atoms with Crippen LogP contribution in [-0.4, -0.2) is 36.5 Å². The molecule has 0 spiro atoms. The number of benzene rings is 1. The van der Waals surface area contributed by atoms with Crippen LogP contribution in [0.2, 0.25) is 0 Å². The molecular formula is C13H16F2N2O2. The molecule has 0 bridgehead atoms. The molecule has 0 atom stereocenters. The van der Waals surface area contributed by atoms with Gasteiger partial charge >= 0.3 is 0 Å². The van der Waals surface area contributed by atoms with E-state index in [4.69, 9.17) is 10.5 Å². The summed E-state index contributed by atoms with van der Waals surface area (Å²) in [6, 6.07) is 3.36. The molecule has 0 aromatic heterocycles. The van der Waals surface area contributed by atoms with Gasteiger partial charge in [0.1, 0.15) is 12.4 Å². The van der Waals surface area contributed by atoms with Crippen LogP contribution in [0.25, 0.3) is 0 Å². The molecule has 19 heavy (non-hydrogen) atoms. The molecule has 1 aromatic carbocycles. The van der Waals surface area contributed by atoms with Crippen LogP contribution in [0.1, 0.15) is 12.8 Å². The molecule has 1 aromatic rings. The van der Waals surface area contributed by atoms with E-state index in [1.807, 2.05) is 0 Å². The molecule has 104 valence electrons. The van der Waals surface area contributed by atoms with E-state index in [0.29, 0.717) is 6.54 Å². The number of ether oxygens (including phenoxy) is 1. The van der Waals surface area contributed by atoms with E-state index in [-0.39, 0.29) is 30.9 Å². The van der Waals surface area contributed by atoms with Crippen LogP contribution in [0.5, 0.6) is 5.75 Å². The fourth-order valence-corrected chi connectivity index (χ4v) is 1.86. The van der Waals surface area contributed by atoms with Gasteiger partial charge < -0.3 is 15.4 Å². The summed E-state index contributed by atoms with van der Waals surface area (Å²) in [5.74, 6) is -1.55. The topological polar surface area (TPSA) is 55.6 Å². The lowest BCUT2D eigenvalue weighted by Gasteiger charge is -2.21. The lowest BCUT2D eigenvalue weighted by molar-refractivity contribution is -0.130. The first-order valence-corrected chi connectivity index (χ1v) is 6.19. The molecule has 4 nitrogen and oxygen atoms in total. The van der Waals surface area contributed by atoms with Crippen molar-refractivity contribution in [1.29, 1.82) is 0 Å². The third kappa shape index (κ3) is 3.64. The van der Waals surface area contributed by atoms with Gasteiger partial charge in [-0.15, -0.1) is 0 Å². The van der Waals surface area contributed by atoms with E-state index in [1.165, 1.54) is 6.07 Å². The average Bonchev–Trinajstić information content (AvgIpc) is 3.20. The fourth-order valence-electron chi connectivity index (χ4n) is 1.86. The van der Waals surface area contributed by atoms with E-state index in [2.05, 4.69) is 0 Å². The maximum atomic E-state index is 13.3. The maximum absolute atomic E-state index is 13.3. The Morgan fingerprint density at radius 2 is 2.16 bits per heavy atom. The van der Waals surface area contributed by atoms with Crippen LogP contribution in [0, 0.1) is 11.6 Å². The van der Waals surface area contributed by atoms with Gasteiger partial charge in [-0.25, -0.2) is 8.78 Å². The van der Waals surface area contributed by atoms with Gasteiger partial charge in [-0.05, 0) is 25.0 Å². The van der Waals surface area contributed by atoms with Crippen molar-refractivity contribution >= 4 is 5.91 Å². The first-order valence-electron chi connectivity index (χ1n) is 6.19. The van der Waals surface area contributed by atoms with Gasteiger partial charge in [0.05, 0.1) is 13.1 Å². The van der Waals surface area contributed by atoms with Gasteiger partial charge in [0.25, 0.3) is 0 Å². The van der Waals surface area contributed by atoms with Gasteiger partial charge in [-0.2, -0.15) is 0 Å². The smallest absolute Gasteiger partial charge is 0.236 e. The summed E-state index contributed by atoms with van der Waals surface area (Å²) in [6.07, 6.45) is 1.94. The molecular weight excluding hydrogens is 254 g/mol. The summed E-state index contributed by atoms with van der Waals surface area (Å²) in [5, 5.41) is 0. The zero-order chi connectivity index (χ0) is 13.8. The molecule has 2 N–H and O–H groups in total. The zero-order valence-corrected chi connectivity index (χ0v) is 10.4. The summed E-state index contributed by atoms with van der Waals surface area (Å²) >= 11 is 0. The summed E-state index contributed by atoms with van der Waals surface area (Å²) in [5.41, 5.74) is 5.33. The highest BCUT2D eigenvalue weighted by Gasteiger charge is 2.31. The molecule has 0 aliphatic heterocycles. The van der Waals surface area contributed by atoms with E-state index in [0.717, 1.165) is 25.0 Å². The molecule has 2 rings (SSSR count). The number of carbonyl (C=O) groups excluding carboxylic acids is 1. The third-order valence-corrected chi connectivity index (χ3v) is 2.97. The Labute approximate surface area is 110 Å². The zero-order valence-electron chi connectivity index (χ0n) is 10.4. The highest BCUT2D eigenvalue weighted by molar-refractivity contribution is 5.78. The van der Waals surface area contributed by atoms with Gasteiger partial charge in [-0.1, -0.05) is 0 Å². The number of nitrogens with two attached hydrogens (primary N) is 1. The summed E-state index contributed by atoms with van der Waals surface area (Å²) in [7, 11) is 0. The first-order chi connectivity index (χ1) is 9.11. The predicted octanol–water partition coefficient (Wildman–Crippen LogP) is 1.29. The SMILES string of the molecule is NCC(=O)N(CCOc1ccc(F)cc1F)C1CC1. The Bertz CT molecular complexity index is 464. The van der Waals surface area contributed by atoms with Gasteiger partial charge in [0.2, 0.25) is 5.91 Å². The fraction of sp³-hybridized carbons (Fsp3) is 0.462. The van der Waals surface area contributed by atoms with Crippen molar-refractivity contribution in [3.05, 3.63) is 29.8 Å². The van der Waals surface area contributed by atoms with E-state index in [9.17, 15) is 13.6 Å². The Morgan fingerprint density at radius 3 is 2.74 bits per heavy atom. The summed E-state index contributed by atoms with van der Waals surface area (Å²) in [4.78, 5) is 13.2. The maximum Gasteiger partial charge on any atom is 0.236 e. The number of halogens is 2. The highest BCUT2D eigenvalue weighted by Crippen LogP contribution is 2.26. The van der Waals surface area contributed by atoms with Crippen molar-refractivity contribution in [2.75, 3.05) is 19.7 Å². The predicted molar refractivity (Wildman–Crippen MR) is 65.6 cm³/mol. The number of hydrogen-bond donors (Lipinski definition) is 1. The van der Waals surface area contributed by atoms with E-state index >= 15 is 0 Å². The molecule has 0 saturated heterocycles. The second kappa shape index (κ2) is 5.97. The van der Waals surface area contributed by atoms with Crippen LogP contribution in [-0.2, 0) is 4.79 Å². The Hall–Kier alpha value is -1.69. The van der Waals surface area contributed by atoms with Crippen LogP contribution in [0.3, 0.4) is 0 Å². The van der Waals surface area contributed by atoms with Crippen molar-refractivity contribution < 1.29 is 18.3 Å². The molecule has 1 aliphatic rings. The molecule has 6 heteroatoms. The van der Waals surface area contributed by atoms with Crippen molar-refractivity contribution in [3.8, 4) is 5.75 Å². The second-order valence-corrected chi connectivity index (χ2v) is 4.45. The number of amides is 1. The average molecular weight is 270 g/mol. The third-order valence-electron chi connectivity index (χ3n) is 2.97. The van der Waals surface area contributed by atoms with Gasteiger partial charge in [-0.3, -0.25) is 4.79 Å². The van der Waals surface area contributed by atoms with Crippen molar-refractivity contribution in [1.82, 2.24) is 4.90 Å². The normalized spacial score (nSPS) is 14.3. The number of hydrogen-bond acceptors (Lipinski definition) is 3. The minimum atomic E-state index is -0.747. The second-order valence-electron chi connectivity index (χ2n) is 4.45. The molecule has 1 amide bonds. The minimum Gasteiger partial charge on any atom is -0.489 e. The number of nitrogens with zero attached hydrogens (tertiary/aromatic N) is 1. The lowest BCUT2D eigenvalue weighted by Crippen LogP contribution is -2.40. The summed E-state index contributed by atoms with van der Waals surface area (Å²) in [6.45, 7) is 0.476. The van der Waals surface area contributed by atoms with E-state index < -0.39 is 11.6 Å². The van der Waals surface area contributed by atoms with Crippen LogP contribution in [0.15, 0.2) is 18.2 Å². The first kappa shape index (κ1) is 13.7. The molecule has 0 radical (unpaired) electrons.